The van der Waals surface area contributed by atoms with Gasteiger partial charge in [0.1, 0.15) is 0 Å². The molecule has 0 aromatic heterocycles. The Morgan fingerprint density at radius 2 is 2.00 bits per heavy atom. The molecule has 0 amide bonds. The van der Waals surface area contributed by atoms with Gasteiger partial charge in [-0.15, -0.1) is 0 Å². The van der Waals surface area contributed by atoms with E-state index in [0.29, 0.717) is 0 Å². The molecule has 0 atom stereocenters. The highest BCUT2D eigenvalue weighted by Crippen LogP contribution is 2.16. The standard InChI is InChI=1S/C11H23NS/c1-10(2)4-3-7-12-11-5-8-13-9-6-11/h10-12H,3-9H2,1-2H3. The van der Waals surface area contributed by atoms with Gasteiger partial charge in [-0.25, -0.2) is 0 Å². The van der Waals surface area contributed by atoms with Crippen LogP contribution in [0.1, 0.15) is 39.5 Å². The van der Waals surface area contributed by atoms with Crippen molar-refractivity contribution in [1.29, 1.82) is 0 Å². The molecular weight excluding hydrogens is 178 g/mol. The van der Waals surface area contributed by atoms with Crippen LogP contribution in [0.5, 0.6) is 0 Å². The molecule has 0 saturated carbocycles. The summed E-state index contributed by atoms with van der Waals surface area (Å²) in [5, 5.41) is 3.66. The van der Waals surface area contributed by atoms with Crippen molar-refractivity contribution in [3.8, 4) is 0 Å². The third-order valence-corrected chi connectivity index (χ3v) is 3.66. The lowest BCUT2D eigenvalue weighted by Crippen LogP contribution is -2.33. The lowest BCUT2D eigenvalue weighted by molar-refractivity contribution is 0.453. The Labute approximate surface area is 87.1 Å². The molecular formula is C11H23NS. The fourth-order valence-electron chi connectivity index (χ4n) is 1.72. The summed E-state index contributed by atoms with van der Waals surface area (Å²) in [6.45, 7) is 5.84. The van der Waals surface area contributed by atoms with E-state index in [2.05, 4.69) is 30.9 Å². The summed E-state index contributed by atoms with van der Waals surface area (Å²) in [7, 11) is 0. The van der Waals surface area contributed by atoms with E-state index >= 15 is 0 Å². The van der Waals surface area contributed by atoms with Crippen LogP contribution in [-0.2, 0) is 0 Å². The Morgan fingerprint density at radius 3 is 2.62 bits per heavy atom. The maximum Gasteiger partial charge on any atom is 0.00827 e. The molecule has 1 aliphatic rings. The summed E-state index contributed by atoms with van der Waals surface area (Å²) >= 11 is 2.10. The highest BCUT2D eigenvalue weighted by atomic mass is 32.2. The van der Waals surface area contributed by atoms with Gasteiger partial charge in [0.2, 0.25) is 0 Å². The van der Waals surface area contributed by atoms with Gasteiger partial charge in [0, 0.05) is 6.04 Å². The van der Waals surface area contributed by atoms with Gasteiger partial charge in [-0.3, -0.25) is 0 Å². The third-order valence-electron chi connectivity index (χ3n) is 2.61. The van der Waals surface area contributed by atoms with Crippen molar-refractivity contribution in [3.05, 3.63) is 0 Å². The Morgan fingerprint density at radius 1 is 1.31 bits per heavy atom. The van der Waals surface area contributed by atoms with Crippen LogP contribution in [-0.4, -0.2) is 24.1 Å². The van der Waals surface area contributed by atoms with E-state index in [9.17, 15) is 0 Å². The summed E-state index contributed by atoms with van der Waals surface area (Å²) in [6, 6.07) is 0.827. The van der Waals surface area contributed by atoms with Gasteiger partial charge in [0.05, 0.1) is 0 Å². The van der Waals surface area contributed by atoms with E-state index in [0.717, 1.165) is 12.0 Å². The molecule has 0 aliphatic carbocycles. The predicted molar refractivity (Wildman–Crippen MR) is 62.4 cm³/mol. The van der Waals surface area contributed by atoms with E-state index in [1.165, 1.54) is 43.7 Å². The van der Waals surface area contributed by atoms with Crippen molar-refractivity contribution >= 4 is 11.8 Å². The molecule has 78 valence electrons. The smallest absolute Gasteiger partial charge is 0.00827 e. The Bertz CT molecular complexity index is 119. The van der Waals surface area contributed by atoms with E-state index in [4.69, 9.17) is 0 Å². The molecule has 1 N–H and O–H groups in total. The van der Waals surface area contributed by atoms with Crippen LogP contribution in [0, 0.1) is 5.92 Å². The molecule has 1 rings (SSSR count). The van der Waals surface area contributed by atoms with Gasteiger partial charge >= 0.3 is 0 Å². The quantitative estimate of drug-likeness (QED) is 0.686. The maximum atomic E-state index is 3.66. The molecule has 1 fully saturated rings. The first-order chi connectivity index (χ1) is 6.29. The van der Waals surface area contributed by atoms with Gasteiger partial charge < -0.3 is 5.32 Å². The molecule has 1 heterocycles. The number of rotatable bonds is 5. The Kier molecular flexibility index (Phi) is 5.88. The average molecular weight is 201 g/mol. The molecule has 0 spiro atoms. The van der Waals surface area contributed by atoms with E-state index in [1.807, 2.05) is 0 Å². The minimum absolute atomic E-state index is 0.827. The van der Waals surface area contributed by atoms with Crippen molar-refractivity contribution in [2.75, 3.05) is 18.1 Å². The summed E-state index contributed by atoms with van der Waals surface area (Å²) < 4.78 is 0. The second-order valence-electron chi connectivity index (χ2n) is 4.38. The number of thioether (sulfide) groups is 1. The van der Waals surface area contributed by atoms with Crippen LogP contribution >= 0.6 is 11.8 Å². The first-order valence-corrected chi connectivity index (χ1v) is 6.75. The number of hydrogen-bond acceptors (Lipinski definition) is 2. The second kappa shape index (κ2) is 6.72. The molecule has 0 aromatic rings. The summed E-state index contributed by atoms with van der Waals surface area (Å²) in [6.07, 6.45) is 5.48. The first-order valence-electron chi connectivity index (χ1n) is 5.60. The number of nitrogens with one attached hydrogen (secondary N) is 1. The summed E-state index contributed by atoms with van der Waals surface area (Å²) in [5.41, 5.74) is 0. The van der Waals surface area contributed by atoms with Gasteiger partial charge in [0.25, 0.3) is 0 Å². The van der Waals surface area contributed by atoms with Crippen molar-refractivity contribution in [2.24, 2.45) is 5.92 Å². The molecule has 2 heteroatoms. The molecule has 13 heavy (non-hydrogen) atoms. The van der Waals surface area contributed by atoms with Crippen molar-refractivity contribution in [2.45, 2.75) is 45.6 Å². The fourth-order valence-corrected chi connectivity index (χ4v) is 2.82. The summed E-state index contributed by atoms with van der Waals surface area (Å²) in [4.78, 5) is 0. The lowest BCUT2D eigenvalue weighted by Gasteiger charge is -2.22. The maximum absolute atomic E-state index is 3.66. The van der Waals surface area contributed by atoms with Crippen LogP contribution in [0.25, 0.3) is 0 Å². The third kappa shape index (κ3) is 5.58. The molecule has 1 aliphatic heterocycles. The topological polar surface area (TPSA) is 12.0 Å². The van der Waals surface area contributed by atoms with Crippen molar-refractivity contribution in [3.63, 3.8) is 0 Å². The first kappa shape index (κ1) is 11.4. The largest absolute Gasteiger partial charge is 0.314 e. The van der Waals surface area contributed by atoms with Gasteiger partial charge in [-0.1, -0.05) is 13.8 Å². The Balaban J connectivity index is 1.92. The SMILES string of the molecule is CC(C)CCCNC1CCSCC1. The fraction of sp³-hybridized carbons (Fsp3) is 1.00. The normalized spacial score (nSPS) is 19.6. The van der Waals surface area contributed by atoms with Gasteiger partial charge in [-0.2, -0.15) is 11.8 Å². The van der Waals surface area contributed by atoms with Crippen molar-refractivity contribution in [1.82, 2.24) is 5.32 Å². The van der Waals surface area contributed by atoms with Crippen LogP contribution in [0.2, 0.25) is 0 Å². The van der Waals surface area contributed by atoms with Crippen LogP contribution in [0.4, 0.5) is 0 Å². The van der Waals surface area contributed by atoms with Gasteiger partial charge in [0.15, 0.2) is 0 Å². The van der Waals surface area contributed by atoms with Gasteiger partial charge in [-0.05, 0) is 49.7 Å². The van der Waals surface area contributed by atoms with Crippen LogP contribution in [0.15, 0.2) is 0 Å². The van der Waals surface area contributed by atoms with E-state index < -0.39 is 0 Å². The highest BCUT2D eigenvalue weighted by molar-refractivity contribution is 7.99. The van der Waals surface area contributed by atoms with Crippen LogP contribution < -0.4 is 5.32 Å². The molecule has 0 unspecified atom stereocenters. The zero-order chi connectivity index (χ0) is 9.52. The lowest BCUT2D eigenvalue weighted by atomic mass is 10.1. The molecule has 0 aromatic carbocycles. The molecule has 1 saturated heterocycles. The monoisotopic (exact) mass is 201 g/mol. The molecule has 1 nitrogen and oxygen atoms in total. The zero-order valence-electron chi connectivity index (χ0n) is 9.01. The van der Waals surface area contributed by atoms with E-state index in [1.54, 1.807) is 0 Å². The minimum atomic E-state index is 0.827. The molecule has 0 radical (unpaired) electrons. The van der Waals surface area contributed by atoms with E-state index in [-0.39, 0.29) is 0 Å². The zero-order valence-corrected chi connectivity index (χ0v) is 9.83. The summed E-state index contributed by atoms with van der Waals surface area (Å²) in [5.74, 6) is 3.59. The van der Waals surface area contributed by atoms with Crippen LogP contribution in [0.3, 0.4) is 0 Å². The van der Waals surface area contributed by atoms with Crippen molar-refractivity contribution < 1.29 is 0 Å². The second-order valence-corrected chi connectivity index (χ2v) is 5.60. The molecule has 0 bridgehead atoms. The highest BCUT2D eigenvalue weighted by Gasteiger charge is 2.11. The number of hydrogen-bond donors (Lipinski definition) is 1. The Hall–Kier alpha value is 0.310. The minimum Gasteiger partial charge on any atom is -0.314 e. The average Bonchev–Trinajstić information content (AvgIpc) is 2.14. The predicted octanol–water partition coefficient (Wildman–Crippen LogP) is 2.91.